The maximum atomic E-state index is 12.7. The van der Waals surface area contributed by atoms with Gasteiger partial charge in [-0.25, -0.2) is 0 Å². The lowest BCUT2D eigenvalue weighted by Gasteiger charge is -2.37. The lowest BCUT2D eigenvalue weighted by molar-refractivity contribution is -0.163. The van der Waals surface area contributed by atoms with E-state index in [1.807, 2.05) is 0 Å². The summed E-state index contributed by atoms with van der Waals surface area (Å²) in [5.41, 5.74) is 0. The maximum absolute atomic E-state index is 12.7. The second kappa shape index (κ2) is 8.32. The number of aliphatic hydroxyl groups is 1. The molecule has 2 aliphatic carbocycles. The minimum absolute atomic E-state index is 0.0408. The lowest BCUT2D eigenvalue weighted by Crippen LogP contribution is -2.39. The van der Waals surface area contributed by atoms with Gasteiger partial charge >= 0.3 is 5.97 Å². The summed E-state index contributed by atoms with van der Waals surface area (Å²) in [7, 11) is 0. The van der Waals surface area contributed by atoms with Gasteiger partial charge < -0.3 is 9.84 Å². The lowest BCUT2D eigenvalue weighted by atomic mass is 9.75. The second-order valence-electron chi connectivity index (χ2n) is 8.09. The second-order valence-corrected chi connectivity index (χ2v) is 8.09. The van der Waals surface area contributed by atoms with Gasteiger partial charge in [-0.3, -0.25) is 4.79 Å². The van der Waals surface area contributed by atoms with E-state index in [0.29, 0.717) is 24.2 Å². The molecule has 0 bridgehead atoms. The van der Waals surface area contributed by atoms with Crippen molar-refractivity contribution >= 4 is 5.97 Å². The molecule has 3 heteroatoms. The monoisotopic (exact) mass is 322 g/mol. The van der Waals surface area contributed by atoms with Crippen LogP contribution in [0.5, 0.6) is 0 Å². The summed E-state index contributed by atoms with van der Waals surface area (Å²) >= 11 is 0. The van der Waals surface area contributed by atoms with Gasteiger partial charge in [0.2, 0.25) is 0 Å². The van der Waals surface area contributed by atoms with Crippen LogP contribution in [0, 0.1) is 29.6 Å². The van der Waals surface area contributed by atoms with Crippen molar-refractivity contribution in [2.45, 2.75) is 77.9 Å². The molecule has 132 valence electrons. The summed E-state index contributed by atoms with van der Waals surface area (Å²) in [4.78, 5) is 12.7. The number of ether oxygens (including phenoxy) is 1. The molecule has 3 nitrogen and oxygen atoms in total. The molecule has 0 aliphatic heterocycles. The van der Waals surface area contributed by atoms with Gasteiger partial charge in [-0.15, -0.1) is 6.58 Å². The highest BCUT2D eigenvalue weighted by Gasteiger charge is 2.40. The molecule has 0 aromatic rings. The van der Waals surface area contributed by atoms with Gasteiger partial charge in [0.05, 0.1) is 12.0 Å². The first-order valence-electron chi connectivity index (χ1n) is 9.43. The summed E-state index contributed by atoms with van der Waals surface area (Å²) < 4.78 is 6.00. The van der Waals surface area contributed by atoms with Crippen LogP contribution in [0.3, 0.4) is 0 Å². The molecule has 0 unspecified atom stereocenters. The molecule has 0 radical (unpaired) electrons. The number of esters is 1. The molecule has 1 N–H and O–H groups in total. The zero-order chi connectivity index (χ0) is 17.0. The Bertz CT molecular complexity index is 404. The molecule has 0 aromatic heterocycles. The summed E-state index contributed by atoms with van der Waals surface area (Å²) in [5.74, 6) is 1.50. The Morgan fingerprint density at radius 2 is 2.00 bits per heavy atom. The van der Waals surface area contributed by atoms with Crippen molar-refractivity contribution in [3.05, 3.63) is 12.7 Å². The van der Waals surface area contributed by atoms with Crippen LogP contribution in [0.4, 0.5) is 0 Å². The molecule has 2 fully saturated rings. The van der Waals surface area contributed by atoms with E-state index in [9.17, 15) is 9.90 Å². The van der Waals surface area contributed by atoms with E-state index < -0.39 is 6.10 Å². The van der Waals surface area contributed by atoms with Gasteiger partial charge in [0.15, 0.2) is 0 Å². The Kier molecular flexibility index (Phi) is 6.70. The predicted molar refractivity (Wildman–Crippen MR) is 92.9 cm³/mol. The average molecular weight is 322 g/mol. The van der Waals surface area contributed by atoms with Crippen LogP contribution < -0.4 is 0 Å². The first-order valence-corrected chi connectivity index (χ1v) is 9.43. The van der Waals surface area contributed by atoms with Crippen molar-refractivity contribution in [1.29, 1.82) is 0 Å². The third kappa shape index (κ3) is 4.59. The van der Waals surface area contributed by atoms with Gasteiger partial charge in [-0.2, -0.15) is 0 Å². The molecule has 0 spiro atoms. The maximum Gasteiger partial charge on any atom is 0.309 e. The molecule has 6 atom stereocenters. The Hall–Kier alpha value is -0.830. The third-order valence-electron chi connectivity index (χ3n) is 6.00. The van der Waals surface area contributed by atoms with Crippen molar-refractivity contribution in [3.63, 3.8) is 0 Å². The molecule has 2 aliphatic rings. The Labute approximate surface area is 141 Å². The van der Waals surface area contributed by atoms with Crippen LogP contribution in [-0.4, -0.2) is 23.3 Å². The van der Waals surface area contributed by atoms with E-state index in [1.165, 1.54) is 6.42 Å². The number of rotatable bonds is 6. The minimum atomic E-state index is -0.460. The summed E-state index contributed by atoms with van der Waals surface area (Å²) in [6.45, 7) is 10.4. The highest BCUT2D eigenvalue weighted by atomic mass is 16.5. The predicted octanol–water partition coefficient (Wildman–Crippen LogP) is 4.34. The van der Waals surface area contributed by atoms with Gasteiger partial charge in [-0.1, -0.05) is 39.7 Å². The zero-order valence-electron chi connectivity index (χ0n) is 15.0. The number of hydrogen-bond acceptors (Lipinski definition) is 3. The van der Waals surface area contributed by atoms with Crippen molar-refractivity contribution < 1.29 is 14.6 Å². The quantitative estimate of drug-likeness (QED) is 0.584. The number of carbonyl (C=O) groups excluding carboxylic acids is 1. The van der Waals surface area contributed by atoms with Gasteiger partial charge in [0.1, 0.15) is 6.10 Å². The molecular weight excluding hydrogens is 288 g/mol. The smallest absolute Gasteiger partial charge is 0.309 e. The molecule has 0 aromatic carbocycles. The third-order valence-corrected chi connectivity index (χ3v) is 6.00. The highest BCUT2D eigenvalue weighted by molar-refractivity contribution is 5.73. The summed E-state index contributed by atoms with van der Waals surface area (Å²) in [6, 6.07) is 0. The largest absolute Gasteiger partial charge is 0.462 e. The fourth-order valence-corrected chi connectivity index (χ4v) is 4.57. The van der Waals surface area contributed by atoms with Crippen molar-refractivity contribution in [2.24, 2.45) is 29.6 Å². The molecule has 0 saturated heterocycles. The van der Waals surface area contributed by atoms with Crippen molar-refractivity contribution in [2.75, 3.05) is 0 Å². The van der Waals surface area contributed by atoms with Gasteiger partial charge in [0, 0.05) is 0 Å². The van der Waals surface area contributed by atoms with Crippen LogP contribution in [0.2, 0.25) is 0 Å². The van der Waals surface area contributed by atoms with E-state index in [-0.39, 0.29) is 23.9 Å². The van der Waals surface area contributed by atoms with Crippen LogP contribution in [-0.2, 0) is 9.53 Å². The SMILES string of the molecule is C=CC[C@H](O)[C@@H]1CCC[C@H]1C(=O)O[C@H]1C[C@@H](C)CC[C@@H]1C(C)C. The fourth-order valence-electron chi connectivity index (χ4n) is 4.57. The molecule has 0 heterocycles. The van der Waals surface area contributed by atoms with Crippen LogP contribution in [0.15, 0.2) is 12.7 Å². The summed E-state index contributed by atoms with van der Waals surface area (Å²) in [5, 5.41) is 10.3. The first-order chi connectivity index (χ1) is 10.9. The topological polar surface area (TPSA) is 46.5 Å². The van der Waals surface area contributed by atoms with Crippen molar-refractivity contribution in [1.82, 2.24) is 0 Å². The molecule has 0 amide bonds. The fraction of sp³-hybridized carbons (Fsp3) is 0.850. The first kappa shape index (κ1) is 18.5. The van der Waals surface area contributed by atoms with E-state index in [4.69, 9.17) is 4.74 Å². The Morgan fingerprint density at radius 3 is 2.65 bits per heavy atom. The Balaban J connectivity index is 1.99. The van der Waals surface area contributed by atoms with Crippen molar-refractivity contribution in [3.8, 4) is 0 Å². The zero-order valence-corrected chi connectivity index (χ0v) is 15.0. The van der Waals surface area contributed by atoms with E-state index in [0.717, 1.165) is 32.1 Å². The minimum Gasteiger partial charge on any atom is -0.462 e. The molecule has 2 saturated carbocycles. The van der Waals surface area contributed by atoms with E-state index in [2.05, 4.69) is 27.4 Å². The molecular formula is C20H34O3. The number of aliphatic hydroxyl groups excluding tert-OH is 1. The van der Waals surface area contributed by atoms with Crippen LogP contribution in [0.25, 0.3) is 0 Å². The van der Waals surface area contributed by atoms with E-state index in [1.54, 1.807) is 6.08 Å². The number of carbonyl (C=O) groups is 1. The van der Waals surface area contributed by atoms with Crippen LogP contribution in [0.1, 0.15) is 65.7 Å². The molecule has 2 rings (SSSR count). The summed E-state index contributed by atoms with van der Waals surface area (Å²) in [6.07, 6.45) is 8.06. The van der Waals surface area contributed by atoms with Gasteiger partial charge in [0.25, 0.3) is 0 Å². The van der Waals surface area contributed by atoms with E-state index >= 15 is 0 Å². The molecule has 23 heavy (non-hydrogen) atoms. The van der Waals surface area contributed by atoms with Gasteiger partial charge in [-0.05, 0) is 55.8 Å². The standard InChI is InChI=1S/C20H34O3/c1-5-7-18(21)16-8-6-9-17(16)20(22)23-19-12-14(4)10-11-15(19)13(2)3/h5,13-19,21H,1,6-12H2,2-4H3/t14-,15+,16+,17+,18-,19-/m0/s1. The van der Waals surface area contributed by atoms with Crippen LogP contribution >= 0.6 is 0 Å². The highest BCUT2D eigenvalue weighted by Crippen LogP contribution is 2.39. The Morgan fingerprint density at radius 1 is 1.26 bits per heavy atom. The number of hydrogen-bond donors (Lipinski definition) is 1. The normalized spacial score (nSPS) is 36.0. The average Bonchev–Trinajstić information content (AvgIpc) is 2.96.